The van der Waals surface area contributed by atoms with Crippen molar-refractivity contribution in [1.82, 2.24) is 10.0 Å². The van der Waals surface area contributed by atoms with Crippen LogP contribution in [0.2, 0.25) is 0 Å². The van der Waals surface area contributed by atoms with Gasteiger partial charge in [0.2, 0.25) is 0 Å². The molecule has 1 saturated heterocycles. The number of unbranched alkanes of at least 4 members (excludes halogenated alkanes) is 3. The fraction of sp³-hybridized carbons (Fsp3) is 0.444. The molecule has 1 aromatic rings. The van der Waals surface area contributed by atoms with E-state index in [0.29, 0.717) is 49.8 Å². The van der Waals surface area contributed by atoms with E-state index in [1.165, 1.54) is 10.0 Å². The Bertz CT molecular complexity index is 1640. The number of hydrazine groups is 1. The van der Waals surface area contributed by atoms with Crippen LogP contribution in [0.25, 0.3) is 0 Å². The zero-order chi connectivity index (χ0) is 37.2. The summed E-state index contributed by atoms with van der Waals surface area (Å²) in [5, 5.41) is 13.1. The Morgan fingerprint density at radius 1 is 0.784 bits per heavy atom. The van der Waals surface area contributed by atoms with Crippen LogP contribution in [-0.2, 0) is 28.7 Å². The number of nitriles is 1. The highest BCUT2D eigenvalue weighted by molar-refractivity contribution is 8.26. The molecule has 51 heavy (non-hydrogen) atoms. The van der Waals surface area contributed by atoms with E-state index in [-0.39, 0.29) is 39.4 Å². The molecule has 272 valence electrons. The maximum Gasteiger partial charge on any atom is 0.350 e. The molecular weight excluding hydrogens is 731 g/mol. The highest BCUT2D eigenvalue weighted by Gasteiger charge is 2.46. The third-order valence-corrected chi connectivity index (χ3v) is 13.3. The third-order valence-electron chi connectivity index (χ3n) is 8.11. The lowest BCUT2D eigenvalue weighted by Crippen LogP contribution is -2.42. The van der Waals surface area contributed by atoms with Gasteiger partial charge in [0.05, 0.1) is 34.7 Å². The van der Waals surface area contributed by atoms with Crippen molar-refractivity contribution in [2.24, 2.45) is 5.92 Å². The van der Waals surface area contributed by atoms with E-state index in [1.807, 2.05) is 26.8 Å². The topological polar surface area (TPSA) is 143 Å². The summed E-state index contributed by atoms with van der Waals surface area (Å²) in [5.74, 6) is -2.94. The fourth-order valence-electron chi connectivity index (χ4n) is 5.22. The van der Waals surface area contributed by atoms with Crippen molar-refractivity contribution < 1.29 is 38.2 Å². The minimum Gasteiger partial charge on any atom is -0.461 e. The Balaban J connectivity index is 1.82. The SMILES string of the molecule is C=CC(=O)Oc1c2c(c(OC(=O)C=C)c3c1SC(=C1C(=O)N(CCCC)N(CCCC)C1=O)S3)SC(=C(C#N)C(=O)OCC(CC)CCCC)S2. The number of rotatable bonds is 17. The predicted molar refractivity (Wildman–Crippen MR) is 199 cm³/mol. The van der Waals surface area contributed by atoms with E-state index in [1.54, 1.807) is 0 Å². The van der Waals surface area contributed by atoms with Gasteiger partial charge < -0.3 is 14.2 Å². The summed E-state index contributed by atoms with van der Waals surface area (Å²) in [4.78, 5) is 67.6. The van der Waals surface area contributed by atoms with E-state index < -0.39 is 29.7 Å². The van der Waals surface area contributed by atoms with Crippen LogP contribution < -0.4 is 9.47 Å². The molecule has 0 spiro atoms. The van der Waals surface area contributed by atoms with Gasteiger partial charge in [-0.3, -0.25) is 9.59 Å². The van der Waals surface area contributed by atoms with Crippen LogP contribution in [-0.4, -0.2) is 59.4 Å². The second-order valence-corrected chi connectivity index (χ2v) is 16.2. The number of hydrogen-bond acceptors (Lipinski definition) is 13. The van der Waals surface area contributed by atoms with E-state index in [0.717, 1.165) is 97.7 Å². The van der Waals surface area contributed by atoms with Crippen molar-refractivity contribution in [3.63, 3.8) is 0 Å². The van der Waals surface area contributed by atoms with E-state index in [4.69, 9.17) is 14.2 Å². The number of fused-ring (bicyclic) bond motifs is 2. The van der Waals surface area contributed by atoms with Crippen molar-refractivity contribution in [1.29, 1.82) is 5.26 Å². The molecule has 1 unspecified atom stereocenters. The van der Waals surface area contributed by atoms with Crippen LogP contribution in [0.3, 0.4) is 0 Å². The molecule has 0 bridgehead atoms. The quantitative estimate of drug-likeness (QED) is 0.0495. The van der Waals surface area contributed by atoms with E-state index in [9.17, 15) is 29.2 Å². The van der Waals surface area contributed by atoms with Gasteiger partial charge >= 0.3 is 17.9 Å². The van der Waals surface area contributed by atoms with Gasteiger partial charge in [-0.25, -0.2) is 24.4 Å². The Labute approximate surface area is 315 Å². The smallest absolute Gasteiger partial charge is 0.350 e. The summed E-state index contributed by atoms with van der Waals surface area (Å²) in [6.45, 7) is 16.1. The zero-order valence-corrected chi connectivity index (χ0v) is 32.4. The Morgan fingerprint density at radius 2 is 1.25 bits per heavy atom. The molecule has 1 fully saturated rings. The first-order valence-corrected chi connectivity index (χ1v) is 20.2. The molecule has 3 aliphatic rings. The molecule has 3 aliphatic heterocycles. The summed E-state index contributed by atoms with van der Waals surface area (Å²) in [7, 11) is 0. The second kappa shape index (κ2) is 18.8. The molecule has 3 heterocycles. The highest BCUT2D eigenvalue weighted by Crippen LogP contribution is 2.68. The number of carbonyl (C=O) groups is 5. The minimum absolute atomic E-state index is 0.0183. The Morgan fingerprint density at radius 3 is 1.67 bits per heavy atom. The maximum atomic E-state index is 13.8. The zero-order valence-electron chi connectivity index (χ0n) is 29.2. The number of hydrogen-bond donors (Lipinski definition) is 0. The van der Waals surface area contributed by atoms with Crippen molar-refractivity contribution >= 4 is 76.8 Å². The molecule has 4 rings (SSSR count). The van der Waals surface area contributed by atoms with Gasteiger partial charge in [-0.1, -0.05) is 120 Å². The number of thioether (sulfide) groups is 4. The monoisotopic (exact) mass is 771 g/mol. The summed E-state index contributed by atoms with van der Waals surface area (Å²) in [6, 6.07) is 1.97. The minimum atomic E-state index is -0.786. The number of benzene rings is 1. The molecule has 2 amide bonds. The van der Waals surface area contributed by atoms with Crippen LogP contribution in [0.15, 0.2) is 64.5 Å². The first-order chi connectivity index (χ1) is 24.6. The number of carbonyl (C=O) groups excluding carboxylic acids is 5. The summed E-state index contributed by atoms with van der Waals surface area (Å²) in [6.07, 6.45) is 8.79. The van der Waals surface area contributed by atoms with Gasteiger partial charge in [0.1, 0.15) is 11.6 Å². The normalized spacial score (nSPS) is 15.4. The third kappa shape index (κ3) is 8.90. The summed E-state index contributed by atoms with van der Waals surface area (Å²) >= 11 is 4.10. The summed E-state index contributed by atoms with van der Waals surface area (Å²) < 4.78 is 17.7. The van der Waals surface area contributed by atoms with Crippen LogP contribution >= 0.6 is 47.0 Å². The first kappa shape index (κ1) is 40.2. The van der Waals surface area contributed by atoms with Crippen molar-refractivity contribution in [2.45, 2.75) is 98.6 Å². The van der Waals surface area contributed by atoms with E-state index in [2.05, 4.69) is 20.1 Å². The van der Waals surface area contributed by atoms with Gasteiger partial charge in [0.15, 0.2) is 17.1 Å². The molecule has 0 aliphatic carbocycles. The average Bonchev–Trinajstić information content (AvgIpc) is 3.82. The number of nitrogens with zero attached hydrogens (tertiary/aromatic N) is 3. The second-order valence-electron chi connectivity index (χ2n) is 11.6. The molecular formula is C36H41N3O8S4. The van der Waals surface area contributed by atoms with Crippen LogP contribution in [0.4, 0.5) is 0 Å². The standard InChI is InChI=1S/C36H41N3O8S4/c1-7-13-16-21(10-4)20-45-34(44)22(19-37)35-48-28-26(46-23(40)11-5)30-31(27(29(28)49-35)47-24(41)12-6)51-36(50-30)25-32(42)38(17-14-8-2)39(33(25)43)18-15-9-3/h11-12,21H,5-10,13-18,20H2,1-4H3. The highest BCUT2D eigenvalue weighted by atomic mass is 32.2. The average molecular weight is 772 g/mol. The molecule has 0 radical (unpaired) electrons. The van der Waals surface area contributed by atoms with Crippen molar-refractivity contribution in [3.8, 4) is 17.6 Å². The Hall–Kier alpha value is -3.58. The van der Waals surface area contributed by atoms with Crippen LogP contribution in [0.5, 0.6) is 11.5 Å². The molecule has 0 saturated carbocycles. The predicted octanol–water partition coefficient (Wildman–Crippen LogP) is 8.16. The Kier molecular flexibility index (Phi) is 14.8. The molecule has 15 heteroatoms. The van der Waals surface area contributed by atoms with Crippen molar-refractivity contribution in [2.75, 3.05) is 19.7 Å². The lowest BCUT2D eigenvalue weighted by Gasteiger charge is -2.27. The molecule has 1 atom stereocenters. The van der Waals surface area contributed by atoms with Gasteiger partial charge in [-0.15, -0.1) is 0 Å². The van der Waals surface area contributed by atoms with Gasteiger partial charge in [-0.05, 0) is 25.2 Å². The lowest BCUT2D eigenvalue weighted by atomic mass is 10.0. The van der Waals surface area contributed by atoms with Crippen LogP contribution in [0, 0.1) is 17.2 Å². The lowest BCUT2D eigenvalue weighted by molar-refractivity contribution is -0.147. The maximum absolute atomic E-state index is 13.8. The molecule has 0 aromatic heterocycles. The van der Waals surface area contributed by atoms with E-state index >= 15 is 0 Å². The number of ether oxygens (including phenoxy) is 3. The first-order valence-electron chi connectivity index (χ1n) is 16.9. The van der Waals surface area contributed by atoms with Gasteiger partial charge in [0, 0.05) is 25.2 Å². The van der Waals surface area contributed by atoms with Gasteiger partial charge in [-0.2, -0.15) is 5.26 Å². The molecule has 11 nitrogen and oxygen atoms in total. The number of esters is 3. The molecule has 1 aromatic carbocycles. The summed E-state index contributed by atoms with van der Waals surface area (Å²) in [5.41, 5.74) is -0.256. The van der Waals surface area contributed by atoms with Gasteiger partial charge in [0.25, 0.3) is 11.8 Å². The fourth-order valence-corrected chi connectivity index (χ4v) is 10.6. The number of amides is 2. The largest absolute Gasteiger partial charge is 0.461 e. The van der Waals surface area contributed by atoms with Crippen LogP contribution in [0.1, 0.15) is 79.1 Å². The van der Waals surface area contributed by atoms with Crippen molar-refractivity contribution in [3.05, 3.63) is 44.9 Å². The molecule has 0 N–H and O–H groups in total.